The normalized spacial score (nSPS) is 21.9. The lowest BCUT2D eigenvalue weighted by molar-refractivity contribution is 0.403. The quantitative estimate of drug-likeness (QED) is 0.503. The van der Waals surface area contributed by atoms with Crippen LogP contribution in [0.5, 0.6) is 0 Å². The highest BCUT2D eigenvalue weighted by molar-refractivity contribution is 4.94. The first kappa shape index (κ1) is 6.85. The van der Waals surface area contributed by atoms with Gasteiger partial charge in [0.05, 0.1) is 0 Å². The third kappa shape index (κ3) is 1.85. The molecule has 1 aliphatic rings. The highest BCUT2D eigenvalue weighted by atomic mass is 14.2. The van der Waals surface area contributed by atoms with Gasteiger partial charge in [-0.05, 0) is 25.7 Å². The minimum atomic E-state index is 0.749. The van der Waals surface area contributed by atoms with Crippen LogP contribution in [0.2, 0.25) is 0 Å². The van der Waals surface area contributed by atoms with Crippen LogP contribution >= 0.6 is 0 Å². The van der Waals surface area contributed by atoms with E-state index in [1.807, 2.05) is 0 Å². The van der Waals surface area contributed by atoms with E-state index in [4.69, 9.17) is 6.58 Å². The van der Waals surface area contributed by atoms with Crippen LogP contribution in [0.15, 0.2) is 5.57 Å². The summed E-state index contributed by atoms with van der Waals surface area (Å²) in [6, 6.07) is 0. The molecule has 0 amide bonds. The third-order valence-corrected chi connectivity index (χ3v) is 2.25. The molecule has 0 heterocycles. The first-order valence-electron chi connectivity index (χ1n) is 3.89. The van der Waals surface area contributed by atoms with E-state index in [9.17, 15) is 0 Å². The second kappa shape index (κ2) is 3.05. The average Bonchev–Trinajstić information content (AvgIpc) is 1.90. The SMILES string of the molecule is [CH]=C(C)C1CCCCC1. The summed E-state index contributed by atoms with van der Waals surface area (Å²) in [6.07, 6.45) is 6.87. The maximum absolute atomic E-state index is 5.68. The van der Waals surface area contributed by atoms with Crippen molar-refractivity contribution < 1.29 is 0 Å². The standard InChI is InChI=1S/C9H15/c1-8(2)9-6-4-3-5-7-9/h1,9H,3-7H2,2H3. The van der Waals surface area contributed by atoms with Gasteiger partial charge in [-0.2, -0.15) is 0 Å². The predicted octanol–water partition coefficient (Wildman–Crippen LogP) is 2.95. The molecule has 1 radical (unpaired) electrons. The first-order chi connectivity index (χ1) is 4.30. The van der Waals surface area contributed by atoms with Crippen LogP contribution in [0.1, 0.15) is 39.0 Å². The van der Waals surface area contributed by atoms with Gasteiger partial charge in [-0.25, -0.2) is 0 Å². The lowest BCUT2D eigenvalue weighted by atomic mass is 9.85. The highest BCUT2D eigenvalue weighted by Gasteiger charge is 2.12. The zero-order valence-corrected chi connectivity index (χ0v) is 6.19. The summed E-state index contributed by atoms with van der Waals surface area (Å²) >= 11 is 0. The molecule has 0 N–H and O–H groups in total. The van der Waals surface area contributed by atoms with Crippen LogP contribution in [0, 0.1) is 12.5 Å². The van der Waals surface area contributed by atoms with Gasteiger partial charge in [0.1, 0.15) is 0 Å². The summed E-state index contributed by atoms with van der Waals surface area (Å²) in [5, 5.41) is 0. The van der Waals surface area contributed by atoms with Crippen molar-refractivity contribution >= 4 is 0 Å². The van der Waals surface area contributed by atoms with Gasteiger partial charge in [0, 0.05) is 0 Å². The summed E-state index contributed by atoms with van der Waals surface area (Å²) in [7, 11) is 0. The van der Waals surface area contributed by atoms with Crippen molar-refractivity contribution in [1.29, 1.82) is 0 Å². The van der Waals surface area contributed by atoms with E-state index in [2.05, 4.69) is 6.92 Å². The molecule has 0 aromatic carbocycles. The van der Waals surface area contributed by atoms with Gasteiger partial charge < -0.3 is 0 Å². The van der Waals surface area contributed by atoms with Crippen LogP contribution in [0.4, 0.5) is 0 Å². The first-order valence-corrected chi connectivity index (χ1v) is 3.89. The molecule has 0 spiro atoms. The monoisotopic (exact) mass is 123 g/mol. The summed E-state index contributed by atoms with van der Waals surface area (Å²) in [5.41, 5.74) is 1.15. The van der Waals surface area contributed by atoms with Crippen LogP contribution in [0.25, 0.3) is 0 Å². The summed E-state index contributed by atoms with van der Waals surface area (Å²) in [5.74, 6) is 0.749. The highest BCUT2D eigenvalue weighted by Crippen LogP contribution is 2.27. The van der Waals surface area contributed by atoms with E-state index in [-0.39, 0.29) is 0 Å². The molecule has 1 saturated carbocycles. The van der Waals surface area contributed by atoms with Crippen LogP contribution in [0.3, 0.4) is 0 Å². The lowest BCUT2D eigenvalue weighted by Gasteiger charge is -2.20. The minimum absolute atomic E-state index is 0.749. The van der Waals surface area contributed by atoms with Crippen molar-refractivity contribution in [3.05, 3.63) is 12.2 Å². The average molecular weight is 123 g/mol. The van der Waals surface area contributed by atoms with Crippen molar-refractivity contribution in [2.24, 2.45) is 5.92 Å². The second-order valence-corrected chi connectivity index (χ2v) is 3.08. The smallest absolute Gasteiger partial charge is 0.0203 e. The van der Waals surface area contributed by atoms with E-state index in [1.54, 1.807) is 0 Å². The molecule has 0 aromatic rings. The van der Waals surface area contributed by atoms with Crippen LogP contribution in [-0.4, -0.2) is 0 Å². The Hall–Kier alpha value is -0.260. The fraction of sp³-hybridized carbons (Fsp3) is 0.778. The summed E-state index contributed by atoms with van der Waals surface area (Å²) in [4.78, 5) is 0. The maximum Gasteiger partial charge on any atom is -0.0203 e. The fourth-order valence-corrected chi connectivity index (χ4v) is 1.56. The van der Waals surface area contributed by atoms with Crippen molar-refractivity contribution in [1.82, 2.24) is 0 Å². The molecule has 1 aliphatic carbocycles. The molecule has 51 valence electrons. The topological polar surface area (TPSA) is 0 Å². The van der Waals surface area contributed by atoms with Gasteiger partial charge in [-0.15, -0.1) is 0 Å². The van der Waals surface area contributed by atoms with E-state index in [1.165, 1.54) is 32.1 Å². The van der Waals surface area contributed by atoms with Gasteiger partial charge >= 0.3 is 0 Å². The Labute approximate surface area is 58.0 Å². The van der Waals surface area contributed by atoms with Crippen molar-refractivity contribution in [3.8, 4) is 0 Å². The molecule has 0 atom stereocenters. The molecular weight excluding hydrogens is 108 g/mol. The molecule has 0 nitrogen and oxygen atoms in total. The van der Waals surface area contributed by atoms with Gasteiger partial charge in [0.25, 0.3) is 0 Å². The van der Waals surface area contributed by atoms with Gasteiger partial charge in [-0.3, -0.25) is 0 Å². The molecule has 0 aromatic heterocycles. The Bertz CT molecular complexity index is 96.6. The largest absolute Gasteiger partial charge is 0.0702 e. The Morgan fingerprint density at radius 2 is 1.78 bits per heavy atom. The van der Waals surface area contributed by atoms with Crippen molar-refractivity contribution in [2.45, 2.75) is 39.0 Å². The Balaban J connectivity index is 2.31. The molecule has 0 saturated heterocycles. The van der Waals surface area contributed by atoms with E-state index < -0.39 is 0 Å². The predicted molar refractivity (Wildman–Crippen MR) is 40.1 cm³/mol. The second-order valence-electron chi connectivity index (χ2n) is 3.08. The van der Waals surface area contributed by atoms with Gasteiger partial charge in [0.15, 0.2) is 0 Å². The molecule has 0 bridgehead atoms. The Morgan fingerprint density at radius 1 is 1.22 bits per heavy atom. The zero-order chi connectivity index (χ0) is 6.69. The molecule has 0 heteroatoms. The van der Waals surface area contributed by atoms with Gasteiger partial charge in [-0.1, -0.05) is 31.4 Å². The minimum Gasteiger partial charge on any atom is -0.0702 e. The van der Waals surface area contributed by atoms with Crippen molar-refractivity contribution in [2.75, 3.05) is 0 Å². The molecule has 0 aliphatic heterocycles. The Morgan fingerprint density at radius 3 is 2.11 bits per heavy atom. The number of hydrogen-bond donors (Lipinski definition) is 0. The summed E-state index contributed by atoms with van der Waals surface area (Å²) in [6.45, 7) is 7.74. The molecule has 1 fully saturated rings. The Kier molecular flexibility index (Phi) is 2.32. The van der Waals surface area contributed by atoms with E-state index >= 15 is 0 Å². The van der Waals surface area contributed by atoms with E-state index in [0.717, 1.165) is 11.5 Å². The number of rotatable bonds is 1. The molecule has 1 rings (SSSR count). The number of allylic oxidation sites excluding steroid dienone is 1. The van der Waals surface area contributed by atoms with Crippen LogP contribution in [-0.2, 0) is 0 Å². The van der Waals surface area contributed by atoms with Crippen molar-refractivity contribution in [3.63, 3.8) is 0 Å². The van der Waals surface area contributed by atoms with Crippen LogP contribution < -0.4 is 0 Å². The van der Waals surface area contributed by atoms with E-state index in [0.29, 0.717) is 0 Å². The molecular formula is C9H15. The fourth-order valence-electron chi connectivity index (χ4n) is 1.56. The zero-order valence-electron chi connectivity index (χ0n) is 6.19. The maximum atomic E-state index is 5.68. The molecule has 9 heavy (non-hydrogen) atoms. The number of hydrogen-bond acceptors (Lipinski definition) is 0. The lowest BCUT2D eigenvalue weighted by Crippen LogP contribution is -2.06. The molecule has 0 unspecified atom stereocenters. The van der Waals surface area contributed by atoms with Gasteiger partial charge in [0.2, 0.25) is 0 Å². The third-order valence-electron chi connectivity index (χ3n) is 2.25. The summed E-state index contributed by atoms with van der Waals surface area (Å²) < 4.78 is 0.